The highest BCUT2D eigenvalue weighted by Gasteiger charge is 2.25. The van der Waals surface area contributed by atoms with Gasteiger partial charge in [-0.25, -0.2) is 0 Å². The molecule has 0 radical (unpaired) electrons. The molecule has 142 valence electrons. The zero-order valence-corrected chi connectivity index (χ0v) is 16.2. The first-order valence-corrected chi connectivity index (χ1v) is 9.09. The van der Waals surface area contributed by atoms with Crippen LogP contribution in [0.1, 0.15) is 23.4 Å². The molecule has 9 heteroatoms. The van der Waals surface area contributed by atoms with E-state index in [1.165, 1.54) is 13.2 Å². The van der Waals surface area contributed by atoms with E-state index in [2.05, 4.69) is 26.6 Å². The van der Waals surface area contributed by atoms with Crippen molar-refractivity contribution in [3.63, 3.8) is 0 Å². The van der Waals surface area contributed by atoms with E-state index in [4.69, 9.17) is 9.15 Å². The number of nitrogens with one attached hydrogen (secondary N) is 2. The number of hydrogen-bond donors (Lipinski definition) is 2. The van der Waals surface area contributed by atoms with Gasteiger partial charge in [-0.3, -0.25) is 14.4 Å². The summed E-state index contributed by atoms with van der Waals surface area (Å²) in [6.45, 7) is 0.391. The summed E-state index contributed by atoms with van der Waals surface area (Å²) in [4.78, 5) is 37.7. The van der Waals surface area contributed by atoms with E-state index < -0.39 is 11.8 Å². The third kappa shape index (κ3) is 4.48. The van der Waals surface area contributed by atoms with Crippen LogP contribution in [0.25, 0.3) is 0 Å². The van der Waals surface area contributed by atoms with Gasteiger partial charge >= 0.3 is 0 Å². The van der Waals surface area contributed by atoms with Gasteiger partial charge in [-0.05, 0) is 52.7 Å². The van der Waals surface area contributed by atoms with Crippen molar-refractivity contribution in [2.24, 2.45) is 0 Å². The van der Waals surface area contributed by atoms with Crippen LogP contribution >= 0.6 is 15.9 Å². The average Bonchev–Trinajstić information content (AvgIpc) is 3.28. The first-order valence-electron chi connectivity index (χ1n) is 8.29. The number of methoxy groups -OCH3 is 1. The zero-order valence-electron chi connectivity index (χ0n) is 14.6. The van der Waals surface area contributed by atoms with Gasteiger partial charge in [0, 0.05) is 18.7 Å². The molecule has 0 unspecified atom stereocenters. The van der Waals surface area contributed by atoms with Gasteiger partial charge in [0.25, 0.3) is 5.91 Å². The number of anilines is 2. The highest BCUT2D eigenvalue weighted by Crippen LogP contribution is 2.33. The van der Waals surface area contributed by atoms with Gasteiger partial charge in [0.05, 0.1) is 19.3 Å². The second-order valence-corrected chi connectivity index (χ2v) is 6.65. The van der Waals surface area contributed by atoms with E-state index in [0.29, 0.717) is 34.8 Å². The summed E-state index contributed by atoms with van der Waals surface area (Å²) < 4.78 is 10.9. The maximum atomic E-state index is 12.1. The first-order chi connectivity index (χ1) is 13.0. The smallest absolute Gasteiger partial charge is 0.287 e. The number of benzene rings is 1. The van der Waals surface area contributed by atoms with E-state index in [-0.39, 0.29) is 18.2 Å². The Kier molecular flexibility index (Phi) is 5.80. The van der Waals surface area contributed by atoms with E-state index in [1.54, 1.807) is 29.2 Å². The third-order valence-electron chi connectivity index (χ3n) is 4.03. The van der Waals surface area contributed by atoms with Crippen LogP contribution in [0.5, 0.6) is 5.75 Å². The van der Waals surface area contributed by atoms with Crippen LogP contribution in [0.2, 0.25) is 0 Å². The third-order valence-corrected chi connectivity index (χ3v) is 4.46. The lowest BCUT2D eigenvalue weighted by Crippen LogP contribution is -2.32. The van der Waals surface area contributed by atoms with E-state index in [1.807, 2.05) is 0 Å². The van der Waals surface area contributed by atoms with Gasteiger partial charge in [0.2, 0.25) is 11.8 Å². The van der Waals surface area contributed by atoms with Crippen LogP contribution in [0.15, 0.2) is 39.4 Å². The molecule has 0 spiro atoms. The first kappa shape index (κ1) is 19.0. The number of halogens is 1. The van der Waals surface area contributed by atoms with Gasteiger partial charge in [-0.2, -0.15) is 0 Å². The van der Waals surface area contributed by atoms with Gasteiger partial charge < -0.3 is 24.7 Å². The van der Waals surface area contributed by atoms with E-state index in [9.17, 15) is 14.4 Å². The number of furan rings is 1. The average molecular weight is 436 g/mol. The fraction of sp³-hybridized carbons (Fsp3) is 0.278. The topological polar surface area (TPSA) is 101 Å². The maximum absolute atomic E-state index is 12.1. The molecule has 1 fully saturated rings. The van der Waals surface area contributed by atoms with Crippen LogP contribution in [0.3, 0.4) is 0 Å². The fourth-order valence-corrected chi connectivity index (χ4v) is 3.08. The van der Waals surface area contributed by atoms with Gasteiger partial charge in [-0.15, -0.1) is 0 Å². The predicted molar refractivity (Wildman–Crippen MR) is 102 cm³/mol. The summed E-state index contributed by atoms with van der Waals surface area (Å²) in [6.07, 6.45) is 1.28. The summed E-state index contributed by atoms with van der Waals surface area (Å²) in [6, 6.07) is 8.14. The molecule has 1 aliphatic rings. The molecular weight excluding hydrogens is 418 g/mol. The number of rotatable bonds is 6. The Morgan fingerprint density at radius 1 is 1.30 bits per heavy atom. The number of carbonyl (C=O) groups is 3. The Morgan fingerprint density at radius 3 is 2.74 bits per heavy atom. The minimum atomic E-state index is -0.492. The van der Waals surface area contributed by atoms with Gasteiger partial charge in [-0.1, -0.05) is 0 Å². The molecule has 1 aromatic heterocycles. The molecule has 1 aromatic carbocycles. The fourth-order valence-electron chi connectivity index (χ4n) is 2.77. The van der Waals surface area contributed by atoms with Crippen LogP contribution in [-0.2, 0) is 9.59 Å². The predicted octanol–water partition coefficient (Wildman–Crippen LogP) is 2.55. The van der Waals surface area contributed by atoms with Gasteiger partial charge in [0.1, 0.15) is 5.75 Å². The lowest BCUT2D eigenvalue weighted by molar-refractivity contribution is -0.117. The van der Waals surface area contributed by atoms with Crippen molar-refractivity contribution >= 4 is 45.0 Å². The Balaban J connectivity index is 1.63. The highest BCUT2D eigenvalue weighted by molar-refractivity contribution is 9.10. The van der Waals surface area contributed by atoms with Crippen molar-refractivity contribution in [1.29, 1.82) is 0 Å². The number of amides is 3. The summed E-state index contributed by atoms with van der Waals surface area (Å²) in [7, 11) is 1.53. The molecule has 0 saturated carbocycles. The molecule has 3 amide bonds. The zero-order chi connectivity index (χ0) is 19.4. The molecule has 1 aliphatic heterocycles. The summed E-state index contributed by atoms with van der Waals surface area (Å²) in [5, 5.41) is 5.17. The second-order valence-electron chi connectivity index (χ2n) is 5.87. The van der Waals surface area contributed by atoms with Crippen LogP contribution < -0.4 is 20.3 Å². The molecular formula is C18H18BrN3O5. The van der Waals surface area contributed by atoms with E-state index in [0.717, 1.165) is 6.42 Å². The standard InChI is InChI=1S/C18H18BrN3O5/c1-26-13-5-4-11(9-12(13)22-8-2-3-17(22)24)21-16(23)10-20-18(25)14-6-7-15(19)27-14/h4-7,9H,2-3,8,10H2,1H3,(H,20,25)(H,21,23). The molecule has 0 aliphatic carbocycles. The van der Waals surface area contributed by atoms with Crippen molar-refractivity contribution < 1.29 is 23.5 Å². The molecule has 1 saturated heterocycles. The maximum Gasteiger partial charge on any atom is 0.287 e. The number of carbonyl (C=O) groups excluding carboxylic acids is 3. The molecule has 2 aromatic rings. The summed E-state index contributed by atoms with van der Waals surface area (Å²) >= 11 is 3.11. The highest BCUT2D eigenvalue weighted by atomic mass is 79.9. The largest absolute Gasteiger partial charge is 0.495 e. The van der Waals surface area contributed by atoms with Crippen molar-refractivity contribution in [2.75, 3.05) is 30.4 Å². The Labute approximate surface area is 164 Å². The molecule has 2 heterocycles. The number of ether oxygens (including phenoxy) is 1. The number of nitrogens with zero attached hydrogens (tertiary/aromatic N) is 1. The monoisotopic (exact) mass is 435 g/mol. The Bertz CT molecular complexity index is 880. The molecule has 0 atom stereocenters. The van der Waals surface area contributed by atoms with Crippen molar-refractivity contribution in [2.45, 2.75) is 12.8 Å². The molecule has 8 nitrogen and oxygen atoms in total. The lowest BCUT2D eigenvalue weighted by Gasteiger charge is -2.20. The minimum absolute atomic E-state index is 0.0219. The SMILES string of the molecule is COc1ccc(NC(=O)CNC(=O)c2ccc(Br)o2)cc1N1CCCC1=O. The Hall–Kier alpha value is -2.81. The van der Waals surface area contributed by atoms with Crippen molar-refractivity contribution in [3.05, 3.63) is 40.8 Å². The second kappa shape index (κ2) is 8.26. The van der Waals surface area contributed by atoms with E-state index >= 15 is 0 Å². The molecule has 27 heavy (non-hydrogen) atoms. The lowest BCUT2D eigenvalue weighted by atomic mass is 10.2. The quantitative estimate of drug-likeness (QED) is 0.725. The van der Waals surface area contributed by atoms with Crippen LogP contribution in [0, 0.1) is 0 Å². The molecule has 2 N–H and O–H groups in total. The molecule has 3 rings (SSSR count). The minimum Gasteiger partial charge on any atom is -0.495 e. The summed E-state index contributed by atoms with van der Waals surface area (Å²) in [5.74, 6) is -0.214. The molecule has 0 bridgehead atoms. The van der Waals surface area contributed by atoms with Crippen molar-refractivity contribution in [1.82, 2.24) is 5.32 Å². The Morgan fingerprint density at radius 2 is 2.11 bits per heavy atom. The van der Waals surface area contributed by atoms with Crippen LogP contribution in [-0.4, -0.2) is 37.9 Å². The van der Waals surface area contributed by atoms with Crippen molar-refractivity contribution in [3.8, 4) is 5.75 Å². The van der Waals surface area contributed by atoms with Gasteiger partial charge in [0.15, 0.2) is 10.4 Å². The van der Waals surface area contributed by atoms with Crippen LogP contribution in [0.4, 0.5) is 11.4 Å². The normalized spacial score (nSPS) is 13.6. The number of hydrogen-bond acceptors (Lipinski definition) is 5. The summed E-state index contributed by atoms with van der Waals surface area (Å²) in [5.41, 5.74) is 1.12.